The van der Waals surface area contributed by atoms with Gasteiger partial charge in [-0.15, -0.1) is 0 Å². The number of piperidine rings is 1. The molecule has 2 fully saturated rings. The molecule has 5 nitrogen and oxygen atoms in total. The van der Waals surface area contributed by atoms with E-state index in [0.29, 0.717) is 25.3 Å². The average molecular weight is 268 g/mol. The topological polar surface area (TPSA) is 83.6 Å². The molecule has 3 N–H and O–H groups in total. The highest BCUT2D eigenvalue weighted by Gasteiger charge is 2.40. The van der Waals surface area contributed by atoms with Gasteiger partial charge >= 0.3 is 5.97 Å². The molecule has 2 atom stereocenters. The first-order valence-electron chi connectivity index (χ1n) is 7.26. The quantitative estimate of drug-likeness (QED) is 0.806. The summed E-state index contributed by atoms with van der Waals surface area (Å²) < 4.78 is 0. The number of nitrogens with two attached hydrogens (primary N) is 1. The summed E-state index contributed by atoms with van der Waals surface area (Å²) in [7, 11) is 0. The van der Waals surface area contributed by atoms with Crippen molar-refractivity contribution in [3.8, 4) is 0 Å². The van der Waals surface area contributed by atoms with E-state index in [1.165, 1.54) is 0 Å². The van der Waals surface area contributed by atoms with E-state index in [2.05, 4.69) is 6.92 Å². The van der Waals surface area contributed by atoms with Crippen molar-refractivity contribution in [2.45, 2.75) is 63.5 Å². The molecule has 0 aromatic carbocycles. The molecule has 1 saturated heterocycles. The van der Waals surface area contributed by atoms with Crippen molar-refractivity contribution in [1.29, 1.82) is 0 Å². The molecular formula is C14H24N2O3. The van der Waals surface area contributed by atoms with Crippen molar-refractivity contribution in [2.24, 2.45) is 11.7 Å². The fourth-order valence-electron chi connectivity index (χ4n) is 3.15. The minimum Gasteiger partial charge on any atom is -0.480 e. The monoisotopic (exact) mass is 268 g/mol. The lowest BCUT2D eigenvalue weighted by atomic mass is 9.75. The van der Waals surface area contributed by atoms with Crippen LogP contribution in [0.1, 0.15) is 51.9 Å². The number of hydrogen-bond acceptors (Lipinski definition) is 3. The van der Waals surface area contributed by atoms with Crippen LogP contribution in [0, 0.1) is 5.92 Å². The van der Waals surface area contributed by atoms with E-state index >= 15 is 0 Å². The van der Waals surface area contributed by atoms with Gasteiger partial charge in [0, 0.05) is 18.5 Å². The molecule has 1 aliphatic carbocycles. The molecule has 1 aliphatic heterocycles. The first kappa shape index (κ1) is 14.3. The maximum absolute atomic E-state index is 12.3. The standard InChI is InChI=1S/C14H24N2O3/c1-2-10-4-7-16(11(8-10)13(18)19)12(17)9-14(15)5-3-6-14/h10-11H,2-9,15H2,1H3,(H,18,19). The summed E-state index contributed by atoms with van der Waals surface area (Å²) in [4.78, 5) is 25.2. The van der Waals surface area contributed by atoms with E-state index in [9.17, 15) is 14.7 Å². The summed E-state index contributed by atoms with van der Waals surface area (Å²) in [5.74, 6) is -0.545. The van der Waals surface area contributed by atoms with Crippen LogP contribution >= 0.6 is 0 Å². The van der Waals surface area contributed by atoms with E-state index in [0.717, 1.165) is 32.1 Å². The van der Waals surface area contributed by atoms with Crippen molar-refractivity contribution in [1.82, 2.24) is 4.90 Å². The Bertz CT molecular complexity index is 366. The van der Waals surface area contributed by atoms with Crippen LogP contribution in [-0.4, -0.2) is 40.0 Å². The average Bonchev–Trinajstić information content (AvgIpc) is 2.35. The number of amides is 1. The summed E-state index contributed by atoms with van der Waals surface area (Å²) >= 11 is 0. The summed E-state index contributed by atoms with van der Waals surface area (Å²) in [6.07, 6.45) is 5.59. The highest BCUT2D eigenvalue weighted by molar-refractivity contribution is 5.84. The van der Waals surface area contributed by atoms with Crippen LogP contribution in [0.5, 0.6) is 0 Å². The van der Waals surface area contributed by atoms with Gasteiger partial charge in [-0.25, -0.2) is 4.79 Å². The van der Waals surface area contributed by atoms with Crippen LogP contribution in [0.4, 0.5) is 0 Å². The zero-order chi connectivity index (χ0) is 14.0. The van der Waals surface area contributed by atoms with Crippen LogP contribution in [0.15, 0.2) is 0 Å². The molecule has 1 heterocycles. The largest absolute Gasteiger partial charge is 0.480 e. The molecule has 108 valence electrons. The molecule has 19 heavy (non-hydrogen) atoms. The van der Waals surface area contributed by atoms with E-state index < -0.39 is 12.0 Å². The number of hydrogen-bond donors (Lipinski definition) is 2. The highest BCUT2D eigenvalue weighted by atomic mass is 16.4. The highest BCUT2D eigenvalue weighted by Crippen LogP contribution is 2.34. The Hall–Kier alpha value is -1.10. The normalized spacial score (nSPS) is 29.7. The van der Waals surface area contributed by atoms with Crippen LogP contribution < -0.4 is 5.73 Å². The number of rotatable bonds is 4. The van der Waals surface area contributed by atoms with E-state index in [1.807, 2.05) is 0 Å². The predicted molar refractivity (Wildman–Crippen MR) is 71.5 cm³/mol. The minimum atomic E-state index is -0.883. The minimum absolute atomic E-state index is 0.0795. The maximum Gasteiger partial charge on any atom is 0.326 e. The molecular weight excluding hydrogens is 244 g/mol. The predicted octanol–water partition coefficient (Wildman–Crippen LogP) is 1.36. The van der Waals surface area contributed by atoms with E-state index in [1.54, 1.807) is 4.90 Å². The molecule has 1 saturated carbocycles. The van der Waals surface area contributed by atoms with Crippen LogP contribution in [0.2, 0.25) is 0 Å². The van der Waals surface area contributed by atoms with Gasteiger partial charge in [0.25, 0.3) is 0 Å². The Morgan fingerprint density at radius 3 is 2.58 bits per heavy atom. The Morgan fingerprint density at radius 1 is 1.42 bits per heavy atom. The smallest absolute Gasteiger partial charge is 0.326 e. The number of carbonyl (C=O) groups excluding carboxylic acids is 1. The second-order valence-electron chi connectivity index (χ2n) is 6.13. The fourth-order valence-corrected chi connectivity index (χ4v) is 3.15. The number of nitrogens with zero attached hydrogens (tertiary/aromatic N) is 1. The molecule has 1 amide bonds. The van der Waals surface area contributed by atoms with Gasteiger partial charge in [0.2, 0.25) is 5.91 Å². The Balaban J connectivity index is 2.00. The van der Waals surface area contributed by atoms with Gasteiger partial charge in [-0.1, -0.05) is 13.3 Å². The van der Waals surface area contributed by atoms with Gasteiger partial charge in [0.1, 0.15) is 6.04 Å². The molecule has 5 heteroatoms. The number of carboxylic acids is 1. The SMILES string of the molecule is CCC1CCN(C(=O)CC2(N)CCC2)C(C(=O)O)C1. The van der Waals surface area contributed by atoms with Crippen molar-refractivity contribution in [3.63, 3.8) is 0 Å². The van der Waals surface area contributed by atoms with Gasteiger partial charge in [-0.3, -0.25) is 4.79 Å². The Morgan fingerprint density at radius 2 is 2.11 bits per heavy atom. The van der Waals surface area contributed by atoms with Gasteiger partial charge in [0.15, 0.2) is 0 Å². The molecule has 0 spiro atoms. The molecule has 2 aliphatic rings. The third kappa shape index (κ3) is 3.08. The summed E-state index contributed by atoms with van der Waals surface area (Å²) in [5.41, 5.74) is 5.72. The van der Waals surface area contributed by atoms with Gasteiger partial charge < -0.3 is 15.7 Å². The van der Waals surface area contributed by atoms with Crippen LogP contribution in [-0.2, 0) is 9.59 Å². The fraction of sp³-hybridized carbons (Fsp3) is 0.857. The summed E-state index contributed by atoms with van der Waals surface area (Å²) in [6, 6.07) is -0.658. The molecule has 0 aromatic heterocycles. The first-order valence-corrected chi connectivity index (χ1v) is 7.26. The zero-order valence-electron chi connectivity index (χ0n) is 11.6. The van der Waals surface area contributed by atoms with Crippen molar-refractivity contribution < 1.29 is 14.7 Å². The van der Waals surface area contributed by atoms with E-state index in [4.69, 9.17) is 5.73 Å². The Labute approximate surface area is 114 Å². The second kappa shape index (κ2) is 5.49. The molecule has 0 radical (unpaired) electrons. The van der Waals surface area contributed by atoms with Crippen LogP contribution in [0.3, 0.4) is 0 Å². The number of likely N-dealkylation sites (tertiary alicyclic amines) is 1. The molecule has 0 aromatic rings. The number of aliphatic carboxylic acids is 1. The lowest BCUT2D eigenvalue weighted by Gasteiger charge is -2.42. The molecule has 2 rings (SSSR count). The second-order valence-corrected chi connectivity index (χ2v) is 6.13. The Kier molecular flexibility index (Phi) is 4.13. The van der Waals surface area contributed by atoms with Crippen molar-refractivity contribution in [3.05, 3.63) is 0 Å². The van der Waals surface area contributed by atoms with Crippen molar-refractivity contribution >= 4 is 11.9 Å². The lowest BCUT2D eigenvalue weighted by molar-refractivity contribution is -0.154. The number of carbonyl (C=O) groups is 2. The van der Waals surface area contributed by atoms with Crippen LogP contribution in [0.25, 0.3) is 0 Å². The van der Waals surface area contributed by atoms with Gasteiger partial charge in [-0.05, 0) is 38.0 Å². The lowest BCUT2D eigenvalue weighted by Crippen LogP contribution is -2.55. The third-order valence-electron chi connectivity index (χ3n) is 4.75. The maximum atomic E-state index is 12.3. The third-order valence-corrected chi connectivity index (χ3v) is 4.75. The zero-order valence-corrected chi connectivity index (χ0v) is 11.6. The summed E-state index contributed by atoms with van der Waals surface area (Å²) in [5, 5.41) is 9.32. The summed E-state index contributed by atoms with van der Waals surface area (Å²) in [6.45, 7) is 2.63. The molecule has 2 unspecified atom stereocenters. The first-order chi connectivity index (χ1) is 8.95. The molecule has 0 bridgehead atoms. The number of carboxylic acid groups (broad SMARTS) is 1. The van der Waals surface area contributed by atoms with Gasteiger partial charge in [0.05, 0.1) is 0 Å². The van der Waals surface area contributed by atoms with Crippen molar-refractivity contribution in [2.75, 3.05) is 6.54 Å². The van der Waals surface area contributed by atoms with Gasteiger partial charge in [-0.2, -0.15) is 0 Å². The van der Waals surface area contributed by atoms with E-state index in [-0.39, 0.29) is 11.4 Å².